The highest BCUT2D eigenvalue weighted by Crippen LogP contribution is 2.07. The van der Waals surface area contributed by atoms with Gasteiger partial charge in [0.2, 0.25) is 5.91 Å². The number of ether oxygens (including phenoxy) is 1. The van der Waals surface area contributed by atoms with E-state index in [0.717, 1.165) is 43.3 Å². The Morgan fingerprint density at radius 2 is 1.67 bits per heavy atom. The van der Waals surface area contributed by atoms with Crippen molar-refractivity contribution in [2.75, 3.05) is 39.8 Å². The summed E-state index contributed by atoms with van der Waals surface area (Å²) in [4.78, 5) is 20.7. The van der Waals surface area contributed by atoms with Gasteiger partial charge in [0.15, 0.2) is 5.96 Å². The minimum atomic E-state index is 0. The SMILES string of the molecule is CCNC(=NCc1ccc(COCC)cc1)N(C)CC(=O)N(CC)CC.I. The Bertz CT molecular complexity index is 560. The van der Waals surface area contributed by atoms with Crippen molar-refractivity contribution in [2.45, 2.75) is 40.8 Å². The Morgan fingerprint density at radius 3 is 2.19 bits per heavy atom. The van der Waals surface area contributed by atoms with Gasteiger partial charge in [-0.2, -0.15) is 0 Å². The van der Waals surface area contributed by atoms with E-state index in [1.165, 1.54) is 0 Å². The fraction of sp³-hybridized carbons (Fsp3) is 0.600. The van der Waals surface area contributed by atoms with Crippen LogP contribution in [0, 0.1) is 0 Å². The molecule has 1 N–H and O–H groups in total. The van der Waals surface area contributed by atoms with Gasteiger partial charge in [-0.1, -0.05) is 24.3 Å². The predicted molar refractivity (Wildman–Crippen MR) is 123 cm³/mol. The standard InChI is InChI=1S/C20H34N4O2.HI/c1-6-21-20(23(5)15-19(25)24(7-2)8-3)22-14-17-10-12-18(13-11-17)16-26-9-4;/h10-13H,6-9,14-16H2,1-5H3,(H,21,22);1H. The largest absolute Gasteiger partial charge is 0.377 e. The van der Waals surface area contributed by atoms with Crippen LogP contribution in [0.25, 0.3) is 0 Å². The summed E-state index contributed by atoms with van der Waals surface area (Å²) in [6.45, 7) is 12.5. The van der Waals surface area contributed by atoms with Crippen LogP contribution in [0.3, 0.4) is 0 Å². The molecule has 0 atom stereocenters. The molecule has 1 aromatic carbocycles. The second-order valence-corrected chi connectivity index (χ2v) is 6.05. The maximum absolute atomic E-state index is 12.3. The molecule has 0 saturated carbocycles. The van der Waals surface area contributed by atoms with Gasteiger partial charge in [0.05, 0.1) is 19.7 Å². The Balaban J connectivity index is 0.00000676. The van der Waals surface area contributed by atoms with Crippen LogP contribution in [0.4, 0.5) is 0 Å². The number of rotatable bonds is 10. The van der Waals surface area contributed by atoms with Crippen LogP contribution >= 0.6 is 24.0 Å². The van der Waals surface area contributed by atoms with E-state index < -0.39 is 0 Å². The molecular formula is C20H35IN4O2. The first-order valence-electron chi connectivity index (χ1n) is 9.48. The van der Waals surface area contributed by atoms with Crippen molar-refractivity contribution in [3.8, 4) is 0 Å². The fourth-order valence-corrected chi connectivity index (χ4v) is 2.55. The van der Waals surface area contributed by atoms with E-state index in [1.807, 2.05) is 44.5 Å². The summed E-state index contributed by atoms with van der Waals surface area (Å²) < 4.78 is 5.42. The summed E-state index contributed by atoms with van der Waals surface area (Å²) in [5.41, 5.74) is 2.29. The van der Waals surface area contributed by atoms with Gasteiger partial charge in [0, 0.05) is 33.3 Å². The number of carbonyl (C=O) groups excluding carboxylic acids is 1. The third kappa shape index (κ3) is 9.41. The van der Waals surface area contributed by atoms with Gasteiger partial charge < -0.3 is 19.9 Å². The average molecular weight is 490 g/mol. The van der Waals surface area contributed by atoms with E-state index >= 15 is 0 Å². The monoisotopic (exact) mass is 490 g/mol. The predicted octanol–water partition coefficient (Wildman–Crippen LogP) is 3.11. The van der Waals surface area contributed by atoms with Crippen molar-refractivity contribution in [3.63, 3.8) is 0 Å². The number of nitrogens with zero attached hydrogens (tertiary/aromatic N) is 3. The number of nitrogens with one attached hydrogen (secondary N) is 1. The molecule has 154 valence electrons. The van der Waals surface area contributed by atoms with Crippen LogP contribution in [0.1, 0.15) is 38.8 Å². The van der Waals surface area contributed by atoms with E-state index in [-0.39, 0.29) is 29.9 Å². The van der Waals surface area contributed by atoms with Crippen LogP contribution in [0.5, 0.6) is 0 Å². The summed E-state index contributed by atoms with van der Waals surface area (Å²) in [7, 11) is 1.90. The number of hydrogen-bond acceptors (Lipinski definition) is 3. The molecule has 1 amide bonds. The van der Waals surface area contributed by atoms with Gasteiger partial charge in [-0.15, -0.1) is 24.0 Å². The zero-order chi connectivity index (χ0) is 19.4. The lowest BCUT2D eigenvalue weighted by atomic mass is 10.1. The molecule has 1 aromatic rings. The molecule has 0 saturated heterocycles. The van der Waals surface area contributed by atoms with Gasteiger partial charge in [-0.3, -0.25) is 4.79 Å². The molecule has 7 heteroatoms. The van der Waals surface area contributed by atoms with Crippen LogP contribution in [-0.4, -0.2) is 61.5 Å². The zero-order valence-corrected chi connectivity index (χ0v) is 19.7. The molecule has 0 aliphatic carbocycles. The molecule has 0 heterocycles. The second-order valence-electron chi connectivity index (χ2n) is 6.05. The lowest BCUT2D eigenvalue weighted by Crippen LogP contribution is -2.45. The quantitative estimate of drug-likeness (QED) is 0.311. The van der Waals surface area contributed by atoms with Crippen molar-refractivity contribution in [2.24, 2.45) is 4.99 Å². The summed E-state index contributed by atoms with van der Waals surface area (Å²) >= 11 is 0. The number of benzene rings is 1. The first-order chi connectivity index (χ1) is 12.5. The van der Waals surface area contributed by atoms with E-state index in [1.54, 1.807) is 0 Å². The van der Waals surface area contributed by atoms with Crippen LogP contribution in [-0.2, 0) is 22.7 Å². The number of amides is 1. The highest BCUT2D eigenvalue weighted by molar-refractivity contribution is 14.0. The summed E-state index contributed by atoms with van der Waals surface area (Å²) in [6.07, 6.45) is 0. The maximum atomic E-state index is 12.3. The van der Waals surface area contributed by atoms with E-state index in [0.29, 0.717) is 19.7 Å². The van der Waals surface area contributed by atoms with Crippen LogP contribution in [0.15, 0.2) is 29.3 Å². The zero-order valence-electron chi connectivity index (χ0n) is 17.3. The topological polar surface area (TPSA) is 57.2 Å². The summed E-state index contributed by atoms with van der Waals surface area (Å²) in [6, 6.07) is 8.28. The third-order valence-electron chi connectivity index (χ3n) is 4.09. The average Bonchev–Trinajstić information content (AvgIpc) is 2.65. The lowest BCUT2D eigenvalue weighted by Gasteiger charge is -2.25. The molecular weight excluding hydrogens is 455 g/mol. The molecule has 0 radical (unpaired) electrons. The minimum absolute atomic E-state index is 0. The molecule has 0 spiro atoms. The normalized spacial score (nSPS) is 10.9. The lowest BCUT2D eigenvalue weighted by molar-refractivity contribution is -0.131. The van der Waals surface area contributed by atoms with Gasteiger partial charge in [-0.05, 0) is 38.8 Å². The number of hydrogen-bond donors (Lipinski definition) is 1. The molecule has 0 unspecified atom stereocenters. The van der Waals surface area contributed by atoms with E-state index in [4.69, 9.17) is 4.74 Å². The number of carbonyl (C=O) groups is 1. The van der Waals surface area contributed by atoms with Crippen molar-refractivity contribution in [1.29, 1.82) is 0 Å². The van der Waals surface area contributed by atoms with Crippen LogP contribution in [0.2, 0.25) is 0 Å². The van der Waals surface area contributed by atoms with E-state index in [2.05, 4.69) is 34.6 Å². The molecule has 0 aliphatic rings. The molecule has 0 aromatic heterocycles. The van der Waals surface area contributed by atoms with Crippen molar-refractivity contribution >= 4 is 35.8 Å². The fourth-order valence-electron chi connectivity index (χ4n) is 2.55. The molecule has 0 fully saturated rings. The Morgan fingerprint density at radius 1 is 1.07 bits per heavy atom. The first-order valence-corrected chi connectivity index (χ1v) is 9.48. The maximum Gasteiger partial charge on any atom is 0.242 e. The Labute approximate surface area is 181 Å². The van der Waals surface area contributed by atoms with Crippen LogP contribution < -0.4 is 5.32 Å². The number of halogens is 1. The Hall–Kier alpha value is -1.35. The molecule has 0 bridgehead atoms. The van der Waals surface area contributed by atoms with Gasteiger partial charge in [-0.25, -0.2) is 4.99 Å². The van der Waals surface area contributed by atoms with Crippen molar-refractivity contribution < 1.29 is 9.53 Å². The Kier molecular flexibility index (Phi) is 13.9. The highest BCUT2D eigenvalue weighted by Gasteiger charge is 2.14. The highest BCUT2D eigenvalue weighted by atomic mass is 127. The van der Waals surface area contributed by atoms with Crippen molar-refractivity contribution in [3.05, 3.63) is 35.4 Å². The molecule has 1 rings (SSSR count). The molecule has 27 heavy (non-hydrogen) atoms. The summed E-state index contributed by atoms with van der Waals surface area (Å²) in [5, 5.41) is 3.26. The second kappa shape index (κ2) is 14.7. The summed E-state index contributed by atoms with van der Waals surface area (Å²) in [5.74, 6) is 0.856. The van der Waals surface area contributed by atoms with Crippen molar-refractivity contribution in [1.82, 2.24) is 15.1 Å². The van der Waals surface area contributed by atoms with Gasteiger partial charge >= 0.3 is 0 Å². The smallest absolute Gasteiger partial charge is 0.242 e. The molecule has 0 aliphatic heterocycles. The number of guanidine groups is 1. The third-order valence-corrected chi connectivity index (χ3v) is 4.09. The first kappa shape index (κ1) is 25.6. The van der Waals surface area contributed by atoms with E-state index in [9.17, 15) is 4.79 Å². The molecule has 6 nitrogen and oxygen atoms in total. The van der Waals surface area contributed by atoms with Gasteiger partial charge in [0.25, 0.3) is 0 Å². The number of aliphatic imine (C=N–C) groups is 1. The minimum Gasteiger partial charge on any atom is -0.377 e. The number of likely N-dealkylation sites (N-methyl/N-ethyl adjacent to an activating group) is 2. The van der Waals surface area contributed by atoms with Gasteiger partial charge in [0.1, 0.15) is 0 Å².